The summed E-state index contributed by atoms with van der Waals surface area (Å²) in [6, 6.07) is 15.5. The van der Waals surface area contributed by atoms with Crippen molar-refractivity contribution < 1.29 is 9.53 Å². The third kappa shape index (κ3) is 5.66. The first-order valence-corrected chi connectivity index (χ1v) is 7.87. The van der Waals surface area contributed by atoms with E-state index in [0.29, 0.717) is 30.5 Å². The molecule has 2 amide bonds. The lowest BCUT2D eigenvalue weighted by atomic mass is 10.2. The van der Waals surface area contributed by atoms with Crippen LogP contribution in [-0.4, -0.2) is 12.6 Å². The Kier molecular flexibility index (Phi) is 6.03. The molecule has 0 radical (unpaired) electrons. The molecule has 0 atom stereocenters. The maximum Gasteiger partial charge on any atom is 0.319 e. The fourth-order valence-corrected chi connectivity index (χ4v) is 2.05. The van der Waals surface area contributed by atoms with E-state index < -0.39 is 0 Å². The van der Waals surface area contributed by atoms with Crippen LogP contribution in [0, 0.1) is 12.8 Å². The van der Waals surface area contributed by atoms with Crippen LogP contribution in [0.4, 0.5) is 10.5 Å². The van der Waals surface area contributed by atoms with E-state index in [-0.39, 0.29) is 6.03 Å². The highest BCUT2D eigenvalue weighted by Gasteiger charge is 2.09. The fraction of sp³-hybridized carbons (Fsp3) is 0.316. The molecule has 0 aromatic heterocycles. The van der Waals surface area contributed by atoms with Gasteiger partial charge in [0.25, 0.3) is 0 Å². The van der Waals surface area contributed by atoms with Crippen molar-refractivity contribution in [1.82, 2.24) is 5.32 Å². The molecule has 2 N–H and O–H groups in total. The number of carbonyl (C=O) groups excluding carboxylic acids is 1. The number of aryl methyl sites for hydroxylation is 1. The second-order valence-electron chi connectivity index (χ2n) is 6.00. The lowest BCUT2D eigenvalue weighted by molar-refractivity contribution is 0.250. The van der Waals surface area contributed by atoms with Crippen LogP contribution in [0.1, 0.15) is 25.0 Å². The molecule has 0 spiro atoms. The van der Waals surface area contributed by atoms with Crippen LogP contribution in [0.15, 0.2) is 48.5 Å². The van der Waals surface area contributed by atoms with E-state index in [1.807, 2.05) is 55.5 Å². The van der Waals surface area contributed by atoms with Crippen LogP contribution in [0.5, 0.6) is 5.75 Å². The van der Waals surface area contributed by atoms with Crippen molar-refractivity contribution in [2.45, 2.75) is 27.4 Å². The minimum atomic E-state index is -0.216. The van der Waals surface area contributed by atoms with Gasteiger partial charge in [-0.25, -0.2) is 4.79 Å². The Hall–Kier alpha value is -2.49. The number of amides is 2. The predicted molar refractivity (Wildman–Crippen MR) is 93.8 cm³/mol. The summed E-state index contributed by atoms with van der Waals surface area (Å²) in [5, 5.41) is 5.69. The van der Waals surface area contributed by atoms with Crippen LogP contribution in [0.3, 0.4) is 0 Å². The highest BCUT2D eigenvalue weighted by atomic mass is 16.5. The first-order valence-electron chi connectivity index (χ1n) is 7.87. The fourth-order valence-electron chi connectivity index (χ4n) is 2.05. The van der Waals surface area contributed by atoms with E-state index in [9.17, 15) is 4.79 Å². The first kappa shape index (κ1) is 16.9. The SMILES string of the molecule is Cc1ccc(NC(=O)NCC(C)C)c(OCc2ccccc2)c1. The third-order valence-corrected chi connectivity index (χ3v) is 3.29. The van der Waals surface area contributed by atoms with Gasteiger partial charge in [-0.15, -0.1) is 0 Å². The smallest absolute Gasteiger partial charge is 0.319 e. The summed E-state index contributed by atoms with van der Waals surface area (Å²) >= 11 is 0. The largest absolute Gasteiger partial charge is 0.487 e. The van der Waals surface area contributed by atoms with Gasteiger partial charge in [0.05, 0.1) is 5.69 Å². The molecule has 0 unspecified atom stereocenters. The molecule has 0 saturated heterocycles. The van der Waals surface area contributed by atoms with Crippen LogP contribution in [0.25, 0.3) is 0 Å². The maximum absolute atomic E-state index is 12.0. The number of urea groups is 1. The number of ether oxygens (including phenoxy) is 1. The molecule has 0 fully saturated rings. The quantitative estimate of drug-likeness (QED) is 0.833. The molecule has 0 heterocycles. The third-order valence-electron chi connectivity index (χ3n) is 3.29. The summed E-state index contributed by atoms with van der Waals surface area (Å²) in [7, 11) is 0. The summed E-state index contributed by atoms with van der Waals surface area (Å²) < 4.78 is 5.89. The van der Waals surface area contributed by atoms with Crippen molar-refractivity contribution in [2.75, 3.05) is 11.9 Å². The molecule has 122 valence electrons. The van der Waals surface area contributed by atoms with Gasteiger partial charge in [0.2, 0.25) is 0 Å². The highest BCUT2D eigenvalue weighted by molar-refractivity contribution is 5.90. The molecule has 0 bridgehead atoms. The number of nitrogens with one attached hydrogen (secondary N) is 2. The lowest BCUT2D eigenvalue weighted by Crippen LogP contribution is -2.31. The Bertz CT molecular complexity index is 639. The number of anilines is 1. The average molecular weight is 312 g/mol. The van der Waals surface area contributed by atoms with Gasteiger partial charge in [0, 0.05) is 6.54 Å². The highest BCUT2D eigenvalue weighted by Crippen LogP contribution is 2.26. The van der Waals surface area contributed by atoms with E-state index in [0.717, 1.165) is 11.1 Å². The molecule has 4 heteroatoms. The summed E-state index contributed by atoms with van der Waals surface area (Å²) in [4.78, 5) is 12.0. The summed E-state index contributed by atoms with van der Waals surface area (Å²) in [6.45, 7) is 7.21. The molecule has 4 nitrogen and oxygen atoms in total. The summed E-state index contributed by atoms with van der Waals surface area (Å²) in [5.74, 6) is 1.08. The van der Waals surface area contributed by atoms with Gasteiger partial charge in [0.15, 0.2) is 0 Å². The van der Waals surface area contributed by atoms with Crippen molar-refractivity contribution in [1.29, 1.82) is 0 Å². The Morgan fingerprint density at radius 2 is 1.87 bits per heavy atom. The molecule has 0 aliphatic heterocycles. The molecular weight excluding hydrogens is 288 g/mol. The number of hydrogen-bond acceptors (Lipinski definition) is 2. The molecular formula is C19H24N2O2. The molecule has 0 aliphatic carbocycles. The monoisotopic (exact) mass is 312 g/mol. The standard InChI is InChI=1S/C19H24N2O2/c1-14(2)12-20-19(22)21-17-10-9-15(3)11-18(17)23-13-16-7-5-4-6-8-16/h4-11,14H,12-13H2,1-3H3,(H2,20,21,22). The van der Waals surface area contributed by atoms with Crippen molar-refractivity contribution in [3.63, 3.8) is 0 Å². The van der Waals surface area contributed by atoms with Crippen molar-refractivity contribution in [3.05, 3.63) is 59.7 Å². The van der Waals surface area contributed by atoms with E-state index in [1.165, 1.54) is 0 Å². The van der Waals surface area contributed by atoms with Crippen LogP contribution in [0.2, 0.25) is 0 Å². The van der Waals surface area contributed by atoms with Crippen LogP contribution < -0.4 is 15.4 Å². The van der Waals surface area contributed by atoms with Gasteiger partial charge in [-0.1, -0.05) is 50.2 Å². The number of carbonyl (C=O) groups is 1. The van der Waals surface area contributed by atoms with Gasteiger partial charge in [-0.3, -0.25) is 0 Å². The average Bonchev–Trinajstić information content (AvgIpc) is 2.54. The Morgan fingerprint density at radius 3 is 2.57 bits per heavy atom. The number of rotatable bonds is 6. The van der Waals surface area contributed by atoms with Gasteiger partial charge < -0.3 is 15.4 Å². The van der Waals surface area contributed by atoms with E-state index in [4.69, 9.17) is 4.74 Å². The molecule has 0 saturated carbocycles. The van der Waals surface area contributed by atoms with Crippen LogP contribution >= 0.6 is 0 Å². The summed E-state index contributed by atoms with van der Waals surface area (Å²) in [5.41, 5.74) is 2.85. The normalized spacial score (nSPS) is 10.4. The minimum absolute atomic E-state index is 0.216. The first-order chi connectivity index (χ1) is 11.0. The van der Waals surface area contributed by atoms with Crippen LogP contribution in [-0.2, 0) is 6.61 Å². The van der Waals surface area contributed by atoms with Crippen molar-refractivity contribution in [3.8, 4) is 5.75 Å². The Labute approximate surface area is 137 Å². The molecule has 0 aliphatic rings. The molecule has 23 heavy (non-hydrogen) atoms. The zero-order valence-electron chi connectivity index (χ0n) is 13.9. The predicted octanol–water partition coefficient (Wildman–Crippen LogP) is 4.35. The van der Waals surface area contributed by atoms with Gasteiger partial charge in [0.1, 0.15) is 12.4 Å². The second-order valence-corrected chi connectivity index (χ2v) is 6.00. The van der Waals surface area contributed by atoms with Gasteiger partial charge >= 0.3 is 6.03 Å². The molecule has 2 aromatic rings. The zero-order valence-corrected chi connectivity index (χ0v) is 13.9. The van der Waals surface area contributed by atoms with Crippen molar-refractivity contribution >= 4 is 11.7 Å². The Morgan fingerprint density at radius 1 is 1.13 bits per heavy atom. The van der Waals surface area contributed by atoms with Gasteiger partial charge in [-0.2, -0.15) is 0 Å². The number of benzene rings is 2. The summed E-state index contributed by atoms with van der Waals surface area (Å²) in [6.07, 6.45) is 0. The Balaban J connectivity index is 2.03. The number of hydrogen-bond donors (Lipinski definition) is 2. The maximum atomic E-state index is 12.0. The van der Waals surface area contributed by atoms with Crippen molar-refractivity contribution in [2.24, 2.45) is 5.92 Å². The zero-order chi connectivity index (χ0) is 16.7. The lowest BCUT2D eigenvalue weighted by Gasteiger charge is -2.14. The topological polar surface area (TPSA) is 50.4 Å². The van der Waals surface area contributed by atoms with Gasteiger partial charge in [-0.05, 0) is 36.1 Å². The van der Waals surface area contributed by atoms with E-state index in [2.05, 4.69) is 24.5 Å². The molecule has 2 aromatic carbocycles. The van der Waals surface area contributed by atoms with E-state index >= 15 is 0 Å². The molecule has 2 rings (SSSR count). The second kappa shape index (κ2) is 8.22. The minimum Gasteiger partial charge on any atom is -0.487 e. The van der Waals surface area contributed by atoms with E-state index in [1.54, 1.807) is 0 Å².